The van der Waals surface area contributed by atoms with Crippen molar-refractivity contribution in [3.05, 3.63) is 0 Å². The molecule has 0 saturated heterocycles. The average Bonchev–Trinajstić information content (AvgIpc) is 2.36. The van der Waals surface area contributed by atoms with Gasteiger partial charge in [0.25, 0.3) is 0 Å². The van der Waals surface area contributed by atoms with E-state index in [2.05, 4.69) is 10.3 Å². The second kappa shape index (κ2) is 9.54. The summed E-state index contributed by atoms with van der Waals surface area (Å²) < 4.78 is 9.68. The van der Waals surface area contributed by atoms with Crippen molar-refractivity contribution in [2.75, 3.05) is 40.5 Å². The van der Waals surface area contributed by atoms with E-state index < -0.39 is 11.5 Å². The third-order valence-electron chi connectivity index (χ3n) is 2.63. The Morgan fingerprint density at radius 1 is 1.32 bits per heavy atom. The molecule has 0 fully saturated rings. The molecule has 0 aromatic rings. The molecule has 6 N–H and O–H groups in total. The van der Waals surface area contributed by atoms with Crippen molar-refractivity contribution < 1.29 is 19.4 Å². The van der Waals surface area contributed by atoms with E-state index in [1.807, 2.05) is 0 Å². The minimum absolute atomic E-state index is 0.228. The van der Waals surface area contributed by atoms with Crippen LogP contribution in [0.2, 0.25) is 0 Å². The summed E-state index contributed by atoms with van der Waals surface area (Å²) >= 11 is 0. The summed E-state index contributed by atoms with van der Waals surface area (Å²) in [6, 6.07) is 0. The normalized spacial score (nSPS) is 15.0. The molecule has 0 radical (unpaired) electrons. The quantitative estimate of drug-likeness (QED) is 0.222. The second-order valence-electron chi connectivity index (χ2n) is 4.14. The summed E-state index contributed by atoms with van der Waals surface area (Å²) in [6.07, 6.45) is 0.466. The first-order chi connectivity index (χ1) is 8.96. The van der Waals surface area contributed by atoms with Crippen molar-refractivity contribution in [3.63, 3.8) is 0 Å². The monoisotopic (exact) mass is 276 g/mol. The Labute approximate surface area is 113 Å². The van der Waals surface area contributed by atoms with Gasteiger partial charge in [-0.05, 0) is 12.8 Å². The number of rotatable bonds is 10. The highest BCUT2D eigenvalue weighted by Crippen LogP contribution is 2.11. The summed E-state index contributed by atoms with van der Waals surface area (Å²) in [5.74, 6) is -0.808. The fraction of sp³-hybridized carbons (Fsp3) is 0.818. The van der Waals surface area contributed by atoms with Gasteiger partial charge in [0.2, 0.25) is 0 Å². The number of nitrogens with two attached hydrogens (primary N) is 2. The van der Waals surface area contributed by atoms with Gasteiger partial charge in [-0.3, -0.25) is 9.79 Å². The maximum absolute atomic E-state index is 11.1. The number of aliphatic carboxylic acids is 1. The molecule has 8 heteroatoms. The lowest BCUT2D eigenvalue weighted by Crippen LogP contribution is -2.51. The topological polar surface area (TPSA) is 132 Å². The molecule has 0 unspecified atom stereocenters. The van der Waals surface area contributed by atoms with Crippen LogP contribution < -0.4 is 16.8 Å². The summed E-state index contributed by atoms with van der Waals surface area (Å²) in [7, 11) is 3.07. The predicted octanol–water partition coefficient (Wildman–Crippen LogP) is -1.25. The molecule has 0 amide bonds. The van der Waals surface area contributed by atoms with Crippen molar-refractivity contribution in [1.29, 1.82) is 0 Å². The van der Waals surface area contributed by atoms with Gasteiger partial charge in [0, 0.05) is 27.4 Å². The lowest BCUT2D eigenvalue weighted by molar-refractivity contribution is -0.144. The van der Waals surface area contributed by atoms with Gasteiger partial charge >= 0.3 is 5.97 Å². The number of nitrogens with zero attached hydrogens (tertiary/aromatic N) is 1. The van der Waals surface area contributed by atoms with Gasteiger partial charge in [-0.1, -0.05) is 0 Å². The van der Waals surface area contributed by atoms with Crippen molar-refractivity contribution in [2.24, 2.45) is 16.5 Å². The van der Waals surface area contributed by atoms with E-state index in [-0.39, 0.29) is 18.8 Å². The number of carboxylic acids is 1. The number of aliphatic imine (C=N–C) groups is 1. The van der Waals surface area contributed by atoms with E-state index in [0.717, 1.165) is 0 Å². The zero-order valence-corrected chi connectivity index (χ0v) is 11.5. The Kier molecular flexibility index (Phi) is 8.84. The predicted molar refractivity (Wildman–Crippen MR) is 72.0 cm³/mol. The van der Waals surface area contributed by atoms with Crippen LogP contribution in [0.25, 0.3) is 0 Å². The lowest BCUT2D eigenvalue weighted by Gasteiger charge is -2.24. The highest BCUT2D eigenvalue weighted by Gasteiger charge is 2.32. The first-order valence-electron chi connectivity index (χ1n) is 6.00. The van der Waals surface area contributed by atoms with Gasteiger partial charge in [-0.2, -0.15) is 0 Å². The molecule has 0 aromatic carbocycles. The molecule has 0 aromatic heterocycles. The highest BCUT2D eigenvalue weighted by atomic mass is 16.5. The van der Waals surface area contributed by atoms with Gasteiger partial charge in [-0.15, -0.1) is 0 Å². The van der Waals surface area contributed by atoms with Crippen molar-refractivity contribution >= 4 is 11.9 Å². The van der Waals surface area contributed by atoms with E-state index in [1.165, 1.54) is 7.11 Å². The Balaban J connectivity index is 4.12. The molecule has 0 heterocycles. The molecule has 8 nitrogen and oxygen atoms in total. The molecule has 112 valence electrons. The number of hydrogen-bond donors (Lipinski definition) is 4. The van der Waals surface area contributed by atoms with Crippen LogP contribution in [0.4, 0.5) is 0 Å². The van der Waals surface area contributed by atoms with Crippen LogP contribution in [0, 0.1) is 0 Å². The summed E-state index contributed by atoms with van der Waals surface area (Å²) in [6.45, 7) is 1.55. The third-order valence-corrected chi connectivity index (χ3v) is 2.63. The fourth-order valence-electron chi connectivity index (χ4n) is 1.35. The molecule has 0 aliphatic rings. The number of methoxy groups -OCH3 is 2. The molecule has 0 rings (SSSR count). The van der Waals surface area contributed by atoms with E-state index in [4.69, 9.17) is 26.0 Å². The first-order valence-corrected chi connectivity index (χ1v) is 6.00. The van der Waals surface area contributed by atoms with Gasteiger partial charge in [0.15, 0.2) is 5.96 Å². The SMILES string of the molecule is COCCN=C(N)NCC[C@](N)(CCOC)C(=O)O. The number of guanidine groups is 1. The Hall–Kier alpha value is -1.38. The summed E-state index contributed by atoms with van der Waals surface area (Å²) in [4.78, 5) is 15.1. The molecule has 1 atom stereocenters. The van der Waals surface area contributed by atoms with Crippen molar-refractivity contribution in [3.8, 4) is 0 Å². The number of ether oxygens (including phenoxy) is 2. The maximum Gasteiger partial charge on any atom is 0.323 e. The zero-order valence-electron chi connectivity index (χ0n) is 11.5. The summed E-state index contributed by atoms with van der Waals surface area (Å²) in [5.41, 5.74) is 10.1. The van der Waals surface area contributed by atoms with Gasteiger partial charge in [0.05, 0.1) is 13.2 Å². The lowest BCUT2D eigenvalue weighted by atomic mass is 9.93. The number of carbonyl (C=O) groups is 1. The second-order valence-corrected chi connectivity index (χ2v) is 4.14. The van der Waals surface area contributed by atoms with Crippen LogP contribution in [0.3, 0.4) is 0 Å². The molecule has 0 spiro atoms. The van der Waals surface area contributed by atoms with Crippen molar-refractivity contribution in [1.82, 2.24) is 5.32 Å². The minimum atomic E-state index is -1.32. The van der Waals surface area contributed by atoms with Crippen LogP contribution in [0.1, 0.15) is 12.8 Å². The Bertz CT molecular complexity index is 298. The molecule has 0 saturated carbocycles. The maximum atomic E-state index is 11.1. The van der Waals surface area contributed by atoms with E-state index in [1.54, 1.807) is 7.11 Å². The van der Waals surface area contributed by atoms with Gasteiger partial charge < -0.3 is 31.4 Å². The Morgan fingerprint density at radius 3 is 2.47 bits per heavy atom. The van der Waals surface area contributed by atoms with E-state index in [9.17, 15) is 4.79 Å². The molecule has 19 heavy (non-hydrogen) atoms. The standard InChI is InChI=1S/C11H24N4O4/c1-18-7-4-11(13,9(16)17)3-5-14-10(12)15-6-8-19-2/h3-8,13H2,1-2H3,(H,16,17)(H3,12,14,15)/t11-/m0/s1. The molecule has 0 aliphatic carbocycles. The Morgan fingerprint density at radius 2 is 1.95 bits per heavy atom. The number of hydrogen-bond acceptors (Lipinski definition) is 5. The molecular formula is C11H24N4O4. The van der Waals surface area contributed by atoms with Gasteiger partial charge in [-0.25, -0.2) is 0 Å². The largest absolute Gasteiger partial charge is 0.480 e. The number of carboxylic acid groups (broad SMARTS) is 1. The highest BCUT2D eigenvalue weighted by molar-refractivity contribution is 5.79. The van der Waals surface area contributed by atoms with Crippen molar-refractivity contribution in [2.45, 2.75) is 18.4 Å². The molecule has 0 bridgehead atoms. The van der Waals surface area contributed by atoms with Crippen LogP contribution >= 0.6 is 0 Å². The van der Waals surface area contributed by atoms with Crippen LogP contribution in [-0.2, 0) is 14.3 Å². The summed E-state index contributed by atoms with van der Waals surface area (Å²) in [5, 5.41) is 11.9. The van der Waals surface area contributed by atoms with Crippen LogP contribution in [0.15, 0.2) is 4.99 Å². The first kappa shape index (κ1) is 17.6. The van der Waals surface area contributed by atoms with E-state index in [0.29, 0.717) is 26.3 Å². The zero-order chi connectivity index (χ0) is 14.7. The molecule has 0 aliphatic heterocycles. The minimum Gasteiger partial charge on any atom is -0.480 e. The third kappa shape index (κ3) is 7.60. The van der Waals surface area contributed by atoms with Crippen LogP contribution in [-0.4, -0.2) is 63.1 Å². The molecular weight excluding hydrogens is 252 g/mol. The van der Waals surface area contributed by atoms with E-state index >= 15 is 0 Å². The van der Waals surface area contributed by atoms with Crippen LogP contribution in [0.5, 0.6) is 0 Å². The van der Waals surface area contributed by atoms with Gasteiger partial charge in [0.1, 0.15) is 5.54 Å². The fourth-order valence-corrected chi connectivity index (χ4v) is 1.35. The smallest absolute Gasteiger partial charge is 0.323 e. The number of nitrogens with one attached hydrogen (secondary N) is 1. The average molecular weight is 276 g/mol.